The molecule has 0 amide bonds. The summed E-state index contributed by atoms with van der Waals surface area (Å²) in [7, 11) is 0. The summed E-state index contributed by atoms with van der Waals surface area (Å²) in [4.78, 5) is 0. The molecule has 0 aliphatic heterocycles. The quantitative estimate of drug-likeness (QED) is 0.390. The lowest BCUT2D eigenvalue weighted by atomic mass is 9.96. The van der Waals surface area contributed by atoms with Gasteiger partial charge in [0.15, 0.2) is 0 Å². The third-order valence-corrected chi connectivity index (χ3v) is 3.01. The monoisotopic (exact) mass is 142 g/mol. The summed E-state index contributed by atoms with van der Waals surface area (Å²) < 4.78 is 0. The summed E-state index contributed by atoms with van der Waals surface area (Å²) in [5.41, 5.74) is 0. The molecule has 1 saturated carbocycles. The van der Waals surface area contributed by atoms with Gasteiger partial charge >= 0.3 is 0 Å². The Hall–Kier alpha value is 0.0300. The number of hydrogen-bond donors (Lipinski definition) is 0. The lowest BCUT2D eigenvalue weighted by Gasteiger charge is -2.13. The lowest BCUT2D eigenvalue weighted by molar-refractivity contribution is 0.499. The van der Waals surface area contributed by atoms with Gasteiger partial charge in [-0.15, -0.1) is 11.6 Å². The van der Waals surface area contributed by atoms with E-state index in [0.717, 1.165) is 23.6 Å². The maximum absolute atomic E-state index is 5.77. The van der Waals surface area contributed by atoms with Gasteiger partial charge in [-0.1, -0.05) is 12.2 Å². The third-order valence-electron chi connectivity index (χ3n) is 2.61. The Kier molecular flexibility index (Phi) is 1.30. The Morgan fingerprint density at radius 1 is 1.33 bits per heavy atom. The highest BCUT2D eigenvalue weighted by molar-refractivity contribution is 6.18. The van der Waals surface area contributed by atoms with Crippen LogP contribution in [0.5, 0.6) is 0 Å². The van der Waals surface area contributed by atoms with Crippen LogP contribution in [0.15, 0.2) is 12.2 Å². The van der Waals surface area contributed by atoms with Crippen LogP contribution < -0.4 is 0 Å². The normalized spacial score (nSPS) is 46.6. The van der Waals surface area contributed by atoms with E-state index in [1.54, 1.807) is 0 Å². The molecule has 2 aliphatic carbocycles. The van der Waals surface area contributed by atoms with Gasteiger partial charge in [-0.3, -0.25) is 0 Å². The highest BCUT2D eigenvalue weighted by Gasteiger charge is 2.34. The molecule has 0 saturated heterocycles. The first kappa shape index (κ1) is 5.79. The lowest BCUT2D eigenvalue weighted by Crippen LogP contribution is -2.07. The van der Waals surface area contributed by atoms with Gasteiger partial charge in [0.1, 0.15) is 0 Å². The summed E-state index contributed by atoms with van der Waals surface area (Å²) in [6.07, 6.45) is 7.44. The van der Waals surface area contributed by atoms with Gasteiger partial charge in [-0.05, 0) is 30.6 Å². The van der Waals surface area contributed by atoms with Crippen molar-refractivity contribution in [3.63, 3.8) is 0 Å². The van der Waals surface area contributed by atoms with Crippen molar-refractivity contribution in [3.05, 3.63) is 12.2 Å². The van der Waals surface area contributed by atoms with Crippen LogP contribution in [0.2, 0.25) is 0 Å². The average Bonchev–Trinajstić information content (AvgIpc) is 2.45. The van der Waals surface area contributed by atoms with Crippen molar-refractivity contribution < 1.29 is 0 Å². The summed E-state index contributed by atoms with van der Waals surface area (Å²) in [5.74, 6) is 3.40. The second-order valence-electron chi connectivity index (χ2n) is 3.19. The molecule has 1 unspecified atom stereocenters. The molecule has 0 nitrogen and oxygen atoms in total. The van der Waals surface area contributed by atoms with Crippen molar-refractivity contribution in [1.29, 1.82) is 0 Å². The SMILES string of the molecule is ClCC1C[C@@H]2C=C[C@H]1C2. The maximum Gasteiger partial charge on any atom is 0.0257 e. The fourth-order valence-electron chi connectivity index (χ4n) is 2.07. The number of allylic oxidation sites excluding steroid dienone is 2. The fraction of sp³-hybridized carbons (Fsp3) is 0.750. The van der Waals surface area contributed by atoms with E-state index in [-0.39, 0.29) is 0 Å². The number of alkyl halides is 1. The van der Waals surface area contributed by atoms with Crippen LogP contribution in [0, 0.1) is 17.8 Å². The minimum absolute atomic E-state index is 0.807. The molecule has 1 heteroatoms. The van der Waals surface area contributed by atoms with Crippen LogP contribution in [0.3, 0.4) is 0 Å². The standard InChI is InChI=1S/C8H11Cl/c9-5-8-4-6-1-2-7(8)3-6/h1-2,6-8H,3-5H2/t6-,7+,8?/m1/s1. The zero-order chi connectivity index (χ0) is 6.27. The zero-order valence-electron chi connectivity index (χ0n) is 5.39. The van der Waals surface area contributed by atoms with Crippen molar-refractivity contribution in [2.24, 2.45) is 17.8 Å². The Bertz CT molecular complexity index is 140. The Morgan fingerprint density at radius 3 is 2.56 bits per heavy atom. The second kappa shape index (κ2) is 2.02. The van der Waals surface area contributed by atoms with Crippen LogP contribution in [0.1, 0.15) is 12.8 Å². The molecule has 50 valence electrons. The third kappa shape index (κ3) is 0.806. The number of fused-ring (bicyclic) bond motifs is 2. The molecule has 0 heterocycles. The molecule has 2 aliphatic rings. The summed E-state index contributed by atoms with van der Waals surface area (Å²) in [6, 6.07) is 0. The molecule has 2 bridgehead atoms. The molecule has 3 atom stereocenters. The summed E-state index contributed by atoms with van der Waals surface area (Å²) in [6.45, 7) is 0. The van der Waals surface area contributed by atoms with Crippen LogP contribution in [0.4, 0.5) is 0 Å². The molecule has 2 rings (SSSR count). The van der Waals surface area contributed by atoms with Gasteiger partial charge in [0.25, 0.3) is 0 Å². The van der Waals surface area contributed by atoms with Gasteiger partial charge in [-0.2, -0.15) is 0 Å². The van der Waals surface area contributed by atoms with Gasteiger partial charge in [0.05, 0.1) is 0 Å². The highest BCUT2D eigenvalue weighted by Crippen LogP contribution is 2.43. The predicted octanol–water partition coefficient (Wildman–Crippen LogP) is 2.44. The minimum Gasteiger partial charge on any atom is -0.126 e. The van der Waals surface area contributed by atoms with Crippen LogP contribution in [-0.4, -0.2) is 5.88 Å². The fourth-order valence-corrected chi connectivity index (χ4v) is 2.43. The Morgan fingerprint density at radius 2 is 2.22 bits per heavy atom. The highest BCUT2D eigenvalue weighted by atomic mass is 35.5. The smallest absolute Gasteiger partial charge is 0.0257 e. The number of halogens is 1. The van der Waals surface area contributed by atoms with Crippen molar-refractivity contribution in [1.82, 2.24) is 0 Å². The second-order valence-corrected chi connectivity index (χ2v) is 3.50. The summed E-state index contributed by atoms with van der Waals surface area (Å²) >= 11 is 5.77. The van der Waals surface area contributed by atoms with Crippen LogP contribution in [0.25, 0.3) is 0 Å². The topological polar surface area (TPSA) is 0 Å². The van der Waals surface area contributed by atoms with E-state index in [9.17, 15) is 0 Å². The van der Waals surface area contributed by atoms with E-state index in [2.05, 4.69) is 12.2 Å². The Balaban J connectivity index is 2.10. The molecule has 1 fully saturated rings. The van der Waals surface area contributed by atoms with Gasteiger partial charge < -0.3 is 0 Å². The molecule has 9 heavy (non-hydrogen) atoms. The molecule has 0 spiro atoms. The molecular formula is C8H11Cl. The van der Waals surface area contributed by atoms with Crippen molar-refractivity contribution in [3.8, 4) is 0 Å². The minimum atomic E-state index is 0.807. The van der Waals surface area contributed by atoms with E-state index in [1.165, 1.54) is 12.8 Å². The molecular weight excluding hydrogens is 132 g/mol. The first-order valence-corrected chi connectivity index (χ1v) is 4.18. The van der Waals surface area contributed by atoms with Gasteiger partial charge in [0.2, 0.25) is 0 Å². The van der Waals surface area contributed by atoms with Crippen molar-refractivity contribution >= 4 is 11.6 Å². The zero-order valence-corrected chi connectivity index (χ0v) is 6.14. The molecule has 0 aromatic carbocycles. The largest absolute Gasteiger partial charge is 0.126 e. The van der Waals surface area contributed by atoms with Gasteiger partial charge in [0, 0.05) is 5.88 Å². The number of hydrogen-bond acceptors (Lipinski definition) is 0. The maximum atomic E-state index is 5.77. The first-order valence-electron chi connectivity index (χ1n) is 3.64. The molecule has 0 radical (unpaired) electrons. The molecule has 0 aromatic rings. The Labute approximate surface area is 60.9 Å². The molecule has 0 aromatic heterocycles. The van der Waals surface area contributed by atoms with E-state index >= 15 is 0 Å². The first-order chi connectivity index (χ1) is 4.40. The van der Waals surface area contributed by atoms with E-state index in [4.69, 9.17) is 11.6 Å². The van der Waals surface area contributed by atoms with E-state index in [0.29, 0.717) is 0 Å². The van der Waals surface area contributed by atoms with Crippen molar-refractivity contribution in [2.75, 3.05) is 5.88 Å². The van der Waals surface area contributed by atoms with Crippen LogP contribution >= 0.6 is 11.6 Å². The van der Waals surface area contributed by atoms with Gasteiger partial charge in [-0.25, -0.2) is 0 Å². The average molecular weight is 143 g/mol. The predicted molar refractivity (Wildman–Crippen MR) is 39.6 cm³/mol. The van der Waals surface area contributed by atoms with Crippen molar-refractivity contribution in [2.45, 2.75) is 12.8 Å². The molecule has 0 N–H and O–H groups in total. The van der Waals surface area contributed by atoms with E-state index in [1.807, 2.05) is 0 Å². The van der Waals surface area contributed by atoms with E-state index < -0.39 is 0 Å². The summed E-state index contributed by atoms with van der Waals surface area (Å²) in [5, 5.41) is 0. The number of rotatable bonds is 1. The van der Waals surface area contributed by atoms with Crippen LogP contribution in [-0.2, 0) is 0 Å².